The van der Waals surface area contributed by atoms with E-state index in [-0.39, 0.29) is 0 Å². The largest absolute Gasteiger partial charge is 0.286 e. The van der Waals surface area contributed by atoms with Crippen molar-refractivity contribution in [3.8, 4) is 0 Å². The topological polar surface area (TPSA) is 109 Å². The summed E-state index contributed by atoms with van der Waals surface area (Å²) in [6.07, 6.45) is 6.24. The SMILES string of the molecule is C1CC1C1CC1.O=S(=O)(O)CCS(=O)(=O)O. The van der Waals surface area contributed by atoms with E-state index in [1.807, 2.05) is 0 Å². The Bertz CT molecular complexity index is 373. The van der Waals surface area contributed by atoms with Gasteiger partial charge in [0.15, 0.2) is 0 Å². The molecule has 0 heterocycles. The number of rotatable bonds is 4. The van der Waals surface area contributed by atoms with Gasteiger partial charge in [-0.3, -0.25) is 9.11 Å². The maximum atomic E-state index is 9.86. The van der Waals surface area contributed by atoms with E-state index >= 15 is 0 Å². The fourth-order valence-electron chi connectivity index (χ4n) is 1.35. The van der Waals surface area contributed by atoms with E-state index < -0.39 is 31.7 Å². The van der Waals surface area contributed by atoms with Crippen LogP contribution < -0.4 is 0 Å². The zero-order valence-electron chi connectivity index (χ0n) is 8.74. The van der Waals surface area contributed by atoms with Crippen LogP contribution in [0.2, 0.25) is 0 Å². The molecular formula is C8H16O6S2. The second-order valence-corrected chi connectivity index (χ2v) is 7.39. The highest BCUT2D eigenvalue weighted by Crippen LogP contribution is 2.49. The quantitative estimate of drug-likeness (QED) is 0.724. The van der Waals surface area contributed by atoms with E-state index in [1.165, 1.54) is 11.8 Å². The van der Waals surface area contributed by atoms with Crippen LogP contribution in [0.15, 0.2) is 0 Å². The zero-order valence-corrected chi connectivity index (χ0v) is 10.4. The summed E-state index contributed by atoms with van der Waals surface area (Å²) in [6.45, 7) is 0. The Hall–Kier alpha value is -0.180. The minimum absolute atomic E-state index is 0.980. The van der Waals surface area contributed by atoms with Gasteiger partial charge in [0.2, 0.25) is 0 Å². The summed E-state index contributed by atoms with van der Waals surface area (Å²) in [6, 6.07) is 0. The first-order valence-corrected chi connectivity index (χ1v) is 8.29. The minimum atomic E-state index is -4.30. The Morgan fingerprint density at radius 2 is 1.00 bits per heavy atom. The third-order valence-corrected chi connectivity index (χ3v) is 4.21. The number of hydrogen-bond donors (Lipinski definition) is 2. The van der Waals surface area contributed by atoms with Crippen molar-refractivity contribution in [2.24, 2.45) is 11.8 Å². The van der Waals surface area contributed by atoms with Crippen LogP contribution in [0.1, 0.15) is 25.7 Å². The van der Waals surface area contributed by atoms with Crippen molar-refractivity contribution in [1.82, 2.24) is 0 Å². The molecule has 0 amide bonds. The van der Waals surface area contributed by atoms with Crippen LogP contribution >= 0.6 is 0 Å². The summed E-state index contributed by atoms with van der Waals surface area (Å²) >= 11 is 0. The van der Waals surface area contributed by atoms with Gasteiger partial charge in [-0.25, -0.2) is 0 Å². The van der Waals surface area contributed by atoms with Gasteiger partial charge in [-0.1, -0.05) is 0 Å². The van der Waals surface area contributed by atoms with Gasteiger partial charge < -0.3 is 0 Å². The molecular weight excluding hydrogens is 256 g/mol. The molecule has 2 aliphatic rings. The molecule has 2 aliphatic carbocycles. The summed E-state index contributed by atoms with van der Waals surface area (Å²) in [5.74, 6) is 0.465. The highest BCUT2D eigenvalue weighted by Gasteiger charge is 2.37. The molecule has 0 saturated heterocycles. The van der Waals surface area contributed by atoms with Crippen LogP contribution in [-0.2, 0) is 20.2 Å². The first-order chi connectivity index (χ1) is 7.17. The zero-order chi connectivity index (χ0) is 12.4. The van der Waals surface area contributed by atoms with Crippen molar-refractivity contribution in [1.29, 1.82) is 0 Å². The van der Waals surface area contributed by atoms with Gasteiger partial charge in [0.05, 0.1) is 11.5 Å². The number of hydrogen-bond acceptors (Lipinski definition) is 4. The van der Waals surface area contributed by atoms with Gasteiger partial charge in [0.25, 0.3) is 20.2 Å². The maximum absolute atomic E-state index is 9.86. The first kappa shape index (κ1) is 13.9. The molecule has 0 atom stereocenters. The third kappa shape index (κ3) is 8.03. The molecule has 0 aromatic heterocycles. The molecule has 6 nitrogen and oxygen atoms in total. The molecule has 0 spiro atoms. The molecule has 0 radical (unpaired) electrons. The van der Waals surface area contributed by atoms with Crippen molar-refractivity contribution < 1.29 is 25.9 Å². The summed E-state index contributed by atoms with van der Waals surface area (Å²) in [4.78, 5) is 0. The Labute approximate surface area is 95.5 Å². The molecule has 0 aliphatic heterocycles. The monoisotopic (exact) mass is 272 g/mol. The van der Waals surface area contributed by atoms with E-state index in [0.717, 1.165) is 0 Å². The van der Waals surface area contributed by atoms with E-state index in [9.17, 15) is 16.8 Å². The molecule has 2 fully saturated rings. The predicted octanol–water partition coefficient (Wildman–Crippen LogP) is 0.568. The van der Waals surface area contributed by atoms with E-state index in [2.05, 4.69) is 0 Å². The van der Waals surface area contributed by atoms with Crippen molar-refractivity contribution >= 4 is 20.2 Å². The van der Waals surface area contributed by atoms with E-state index in [0.29, 0.717) is 0 Å². The van der Waals surface area contributed by atoms with Crippen molar-refractivity contribution in [2.75, 3.05) is 11.5 Å². The van der Waals surface area contributed by atoms with Crippen LogP contribution in [0.25, 0.3) is 0 Å². The summed E-state index contributed by atoms with van der Waals surface area (Å²) in [7, 11) is -8.59. The molecule has 0 bridgehead atoms. The lowest BCUT2D eigenvalue weighted by Gasteiger charge is -1.92. The predicted molar refractivity (Wildman–Crippen MR) is 58.3 cm³/mol. The van der Waals surface area contributed by atoms with Crippen LogP contribution in [0.3, 0.4) is 0 Å². The molecule has 16 heavy (non-hydrogen) atoms. The molecule has 0 aromatic rings. The fraction of sp³-hybridized carbons (Fsp3) is 1.00. The Morgan fingerprint density at radius 1 is 0.750 bits per heavy atom. The molecule has 0 unspecified atom stereocenters. The standard InChI is InChI=1S/C6H10.C2H6O6S2/c1-2-5(1)6-3-4-6;3-9(4,5)1-2-10(6,7)8/h5-6H,1-4H2;1-2H2,(H,3,4,5)(H,6,7,8). The fourth-order valence-corrected chi connectivity index (χ4v) is 3.03. The van der Waals surface area contributed by atoms with E-state index in [1.54, 1.807) is 25.7 Å². The third-order valence-electron chi connectivity index (χ3n) is 2.51. The van der Waals surface area contributed by atoms with Crippen LogP contribution in [0.4, 0.5) is 0 Å². The van der Waals surface area contributed by atoms with Crippen molar-refractivity contribution in [2.45, 2.75) is 25.7 Å². The Morgan fingerprint density at radius 3 is 1.12 bits per heavy atom. The molecule has 2 saturated carbocycles. The summed E-state index contributed by atoms with van der Waals surface area (Å²) in [5, 5.41) is 0. The maximum Gasteiger partial charge on any atom is 0.265 e. The van der Waals surface area contributed by atoms with Crippen molar-refractivity contribution in [3.63, 3.8) is 0 Å². The Kier molecular flexibility index (Phi) is 4.33. The van der Waals surface area contributed by atoms with Crippen LogP contribution in [0.5, 0.6) is 0 Å². The second kappa shape index (κ2) is 4.99. The van der Waals surface area contributed by atoms with Gasteiger partial charge in [-0.15, -0.1) is 0 Å². The van der Waals surface area contributed by atoms with Gasteiger partial charge in [0, 0.05) is 0 Å². The smallest absolute Gasteiger partial charge is 0.265 e. The highest BCUT2D eigenvalue weighted by molar-refractivity contribution is 7.89. The lowest BCUT2D eigenvalue weighted by Crippen LogP contribution is -2.15. The lowest BCUT2D eigenvalue weighted by molar-refractivity contribution is 0.472. The Balaban J connectivity index is 0.000000176. The van der Waals surface area contributed by atoms with E-state index in [4.69, 9.17) is 9.11 Å². The minimum Gasteiger partial charge on any atom is -0.286 e. The highest BCUT2D eigenvalue weighted by atomic mass is 32.2. The molecule has 2 rings (SSSR count). The first-order valence-electron chi connectivity index (χ1n) is 5.08. The average molecular weight is 272 g/mol. The second-order valence-electron chi connectivity index (χ2n) is 4.25. The lowest BCUT2D eigenvalue weighted by atomic mass is 10.3. The van der Waals surface area contributed by atoms with Crippen molar-refractivity contribution in [3.05, 3.63) is 0 Å². The van der Waals surface area contributed by atoms with Crippen LogP contribution in [0, 0.1) is 11.8 Å². The van der Waals surface area contributed by atoms with Gasteiger partial charge >= 0.3 is 0 Å². The average Bonchev–Trinajstić information content (AvgIpc) is 2.88. The molecule has 8 heteroatoms. The molecule has 0 aromatic carbocycles. The van der Waals surface area contributed by atoms with Gasteiger partial charge in [0.1, 0.15) is 0 Å². The molecule has 96 valence electrons. The van der Waals surface area contributed by atoms with Crippen LogP contribution in [-0.4, -0.2) is 37.4 Å². The summed E-state index contributed by atoms with van der Waals surface area (Å²) < 4.78 is 55.4. The van der Waals surface area contributed by atoms with Gasteiger partial charge in [-0.2, -0.15) is 16.8 Å². The normalized spacial score (nSPS) is 21.1. The molecule has 2 N–H and O–H groups in total. The summed E-state index contributed by atoms with van der Waals surface area (Å²) in [5.41, 5.74) is 0. The van der Waals surface area contributed by atoms with Gasteiger partial charge in [-0.05, 0) is 37.5 Å².